The van der Waals surface area contributed by atoms with Crippen molar-refractivity contribution in [1.82, 2.24) is 10.2 Å². The number of piperidine rings is 1. The lowest BCUT2D eigenvalue weighted by Crippen LogP contribution is -2.42. The lowest BCUT2D eigenvalue weighted by Gasteiger charge is -2.31. The van der Waals surface area contributed by atoms with Gasteiger partial charge in [0.25, 0.3) is 0 Å². The van der Waals surface area contributed by atoms with E-state index in [0.717, 1.165) is 38.5 Å². The Labute approximate surface area is 107 Å². The van der Waals surface area contributed by atoms with Crippen LogP contribution in [0.2, 0.25) is 0 Å². The summed E-state index contributed by atoms with van der Waals surface area (Å²) in [4.78, 5) is 2.41. The molecule has 1 aromatic rings. The third-order valence-corrected chi connectivity index (χ3v) is 3.63. The highest BCUT2D eigenvalue weighted by atomic mass is 19.1. The maximum atomic E-state index is 13.4. The number of benzene rings is 1. The number of nitrogens with one attached hydrogen (secondary N) is 1. The van der Waals surface area contributed by atoms with Crippen molar-refractivity contribution >= 4 is 0 Å². The van der Waals surface area contributed by atoms with E-state index in [9.17, 15) is 8.78 Å². The van der Waals surface area contributed by atoms with Gasteiger partial charge in [-0.05, 0) is 38.5 Å². The summed E-state index contributed by atoms with van der Waals surface area (Å²) in [7, 11) is 0. The Kier molecular flexibility index (Phi) is 4.66. The molecule has 0 bridgehead atoms. The van der Waals surface area contributed by atoms with E-state index in [1.807, 2.05) is 0 Å². The van der Waals surface area contributed by atoms with Gasteiger partial charge in [-0.3, -0.25) is 0 Å². The van der Waals surface area contributed by atoms with E-state index < -0.39 is 11.6 Å². The minimum absolute atomic E-state index is 0.442. The molecule has 0 spiro atoms. The molecule has 0 unspecified atom stereocenters. The van der Waals surface area contributed by atoms with E-state index in [1.165, 1.54) is 12.1 Å². The molecule has 0 amide bonds. The average Bonchev–Trinajstić information content (AvgIpc) is 2.38. The summed E-state index contributed by atoms with van der Waals surface area (Å²) in [6.45, 7) is 5.93. The fourth-order valence-corrected chi connectivity index (χ4v) is 2.37. The summed E-state index contributed by atoms with van der Waals surface area (Å²) < 4.78 is 26.2. The number of halogens is 2. The quantitative estimate of drug-likeness (QED) is 0.888. The molecule has 100 valence electrons. The summed E-state index contributed by atoms with van der Waals surface area (Å²) in [6, 6.07) is 4.20. The summed E-state index contributed by atoms with van der Waals surface area (Å²) in [6.07, 6.45) is 2.19. The lowest BCUT2D eigenvalue weighted by molar-refractivity contribution is 0.205. The minimum atomic E-state index is -0.521. The molecule has 1 N–H and O–H groups in total. The van der Waals surface area contributed by atoms with Gasteiger partial charge in [0, 0.05) is 24.2 Å². The second-order valence-corrected chi connectivity index (χ2v) is 4.83. The summed E-state index contributed by atoms with van der Waals surface area (Å²) in [5, 5.41) is 3.35. The normalized spacial score (nSPS) is 18.2. The number of rotatable bonds is 4. The third kappa shape index (κ3) is 3.50. The Bertz CT molecular complexity index is 387. The van der Waals surface area contributed by atoms with Crippen molar-refractivity contribution in [2.75, 3.05) is 19.6 Å². The number of hydrogen-bond acceptors (Lipinski definition) is 2. The van der Waals surface area contributed by atoms with E-state index in [-0.39, 0.29) is 0 Å². The van der Waals surface area contributed by atoms with Crippen molar-refractivity contribution in [3.8, 4) is 0 Å². The van der Waals surface area contributed by atoms with Gasteiger partial charge in [0.2, 0.25) is 0 Å². The first-order valence-electron chi connectivity index (χ1n) is 6.58. The number of likely N-dealkylation sites (tertiary alicyclic amines) is 1. The van der Waals surface area contributed by atoms with Crippen LogP contribution in [0.5, 0.6) is 0 Å². The SMILES string of the molecule is CCN1CCC(NCc2ccc(F)cc2F)CC1. The van der Waals surface area contributed by atoms with Crippen LogP contribution in [0.3, 0.4) is 0 Å². The second-order valence-electron chi connectivity index (χ2n) is 4.83. The molecule has 1 fully saturated rings. The van der Waals surface area contributed by atoms with E-state index >= 15 is 0 Å². The predicted molar refractivity (Wildman–Crippen MR) is 68.3 cm³/mol. The van der Waals surface area contributed by atoms with Crippen LogP contribution in [0.4, 0.5) is 8.78 Å². The fraction of sp³-hybridized carbons (Fsp3) is 0.571. The monoisotopic (exact) mass is 254 g/mol. The highest BCUT2D eigenvalue weighted by molar-refractivity contribution is 5.18. The Morgan fingerprint density at radius 2 is 2.00 bits per heavy atom. The smallest absolute Gasteiger partial charge is 0.130 e. The third-order valence-electron chi connectivity index (χ3n) is 3.63. The van der Waals surface area contributed by atoms with Gasteiger partial charge >= 0.3 is 0 Å². The molecule has 1 saturated heterocycles. The Morgan fingerprint density at radius 3 is 2.61 bits per heavy atom. The zero-order valence-corrected chi connectivity index (χ0v) is 10.8. The molecule has 4 heteroatoms. The van der Waals surface area contributed by atoms with E-state index in [4.69, 9.17) is 0 Å². The molecule has 1 aliphatic heterocycles. The molecule has 0 atom stereocenters. The van der Waals surface area contributed by atoms with Crippen molar-refractivity contribution in [1.29, 1.82) is 0 Å². The molecule has 0 aliphatic carbocycles. The van der Waals surface area contributed by atoms with Crippen molar-refractivity contribution in [3.63, 3.8) is 0 Å². The van der Waals surface area contributed by atoms with Crippen molar-refractivity contribution in [2.24, 2.45) is 0 Å². The summed E-state index contributed by atoms with van der Waals surface area (Å²) >= 11 is 0. The van der Waals surface area contributed by atoms with Crippen LogP contribution < -0.4 is 5.32 Å². The summed E-state index contributed by atoms with van der Waals surface area (Å²) in [5.74, 6) is -0.985. The lowest BCUT2D eigenvalue weighted by atomic mass is 10.0. The standard InChI is InChI=1S/C14H20F2N2/c1-2-18-7-5-13(6-8-18)17-10-11-3-4-12(15)9-14(11)16/h3-4,9,13,17H,2,5-8,10H2,1H3. The molecule has 18 heavy (non-hydrogen) atoms. The van der Waals surface area contributed by atoms with Crippen LogP contribution in [0.1, 0.15) is 25.3 Å². The van der Waals surface area contributed by atoms with Crippen molar-refractivity contribution in [2.45, 2.75) is 32.4 Å². The molecule has 2 nitrogen and oxygen atoms in total. The molecule has 0 saturated carbocycles. The predicted octanol–water partition coefficient (Wildman–Crippen LogP) is 2.54. The Hall–Kier alpha value is -1.00. The minimum Gasteiger partial charge on any atom is -0.310 e. The van der Waals surface area contributed by atoms with Gasteiger partial charge in [0.15, 0.2) is 0 Å². The van der Waals surface area contributed by atoms with Crippen LogP contribution in [0.15, 0.2) is 18.2 Å². The molecule has 0 radical (unpaired) electrons. The molecule has 1 aliphatic rings. The Morgan fingerprint density at radius 1 is 1.28 bits per heavy atom. The number of nitrogens with zero attached hydrogens (tertiary/aromatic N) is 1. The molecule has 2 rings (SSSR count). The topological polar surface area (TPSA) is 15.3 Å². The van der Waals surface area contributed by atoms with Gasteiger partial charge in [0.05, 0.1) is 0 Å². The zero-order valence-electron chi connectivity index (χ0n) is 10.8. The first-order chi connectivity index (χ1) is 8.69. The van der Waals surface area contributed by atoms with Crippen LogP contribution in [-0.2, 0) is 6.54 Å². The van der Waals surface area contributed by atoms with E-state index in [0.29, 0.717) is 18.2 Å². The molecule has 1 aromatic carbocycles. The zero-order chi connectivity index (χ0) is 13.0. The molecule has 1 heterocycles. The van der Waals surface area contributed by atoms with E-state index in [2.05, 4.69) is 17.1 Å². The van der Waals surface area contributed by atoms with Gasteiger partial charge in [-0.25, -0.2) is 8.78 Å². The van der Waals surface area contributed by atoms with Crippen molar-refractivity contribution < 1.29 is 8.78 Å². The maximum Gasteiger partial charge on any atom is 0.130 e. The van der Waals surface area contributed by atoms with Crippen LogP contribution in [0, 0.1) is 11.6 Å². The van der Waals surface area contributed by atoms with Gasteiger partial charge in [-0.15, -0.1) is 0 Å². The largest absolute Gasteiger partial charge is 0.310 e. The van der Waals surface area contributed by atoms with Gasteiger partial charge in [-0.2, -0.15) is 0 Å². The highest BCUT2D eigenvalue weighted by Crippen LogP contribution is 2.13. The van der Waals surface area contributed by atoms with Crippen molar-refractivity contribution in [3.05, 3.63) is 35.4 Å². The average molecular weight is 254 g/mol. The van der Waals surface area contributed by atoms with Crippen LogP contribution in [-0.4, -0.2) is 30.6 Å². The molecule has 0 aromatic heterocycles. The van der Waals surface area contributed by atoms with Gasteiger partial charge < -0.3 is 10.2 Å². The highest BCUT2D eigenvalue weighted by Gasteiger charge is 2.17. The van der Waals surface area contributed by atoms with Gasteiger partial charge in [-0.1, -0.05) is 13.0 Å². The first kappa shape index (κ1) is 13.4. The number of hydrogen-bond donors (Lipinski definition) is 1. The fourth-order valence-electron chi connectivity index (χ4n) is 2.37. The van der Waals surface area contributed by atoms with E-state index in [1.54, 1.807) is 0 Å². The van der Waals surface area contributed by atoms with Crippen LogP contribution >= 0.6 is 0 Å². The summed E-state index contributed by atoms with van der Waals surface area (Å²) in [5.41, 5.74) is 0.536. The second kappa shape index (κ2) is 6.25. The Balaban J connectivity index is 1.81. The van der Waals surface area contributed by atoms with Gasteiger partial charge in [0.1, 0.15) is 11.6 Å². The maximum absolute atomic E-state index is 13.4. The van der Waals surface area contributed by atoms with Crippen LogP contribution in [0.25, 0.3) is 0 Å². The first-order valence-corrected chi connectivity index (χ1v) is 6.58. The molecular formula is C14H20F2N2. The molecular weight excluding hydrogens is 234 g/mol.